The molecule has 0 fully saturated rings. The molecule has 1 N–H and O–H groups in total. The first-order valence-corrected chi connectivity index (χ1v) is 7.57. The van der Waals surface area contributed by atoms with Crippen LogP contribution in [-0.4, -0.2) is 17.4 Å². The predicted molar refractivity (Wildman–Crippen MR) is 89.2 cm³/mol. The molecular formula is C19H18N2O2. The highest BCUT2D eigenvalue weighted by molar-refractivity contribution is 5.94. The van der Waals surface area contributed by atoms with E-state index in [1.54, 1.807) is 13.2 Å². The molecule has 3 aromatic rings. The fourth-order valence-electron chi connectivity index (χ4n) is 2.37. The number of aryl methyl sites for hydroxylation is 1. The van der Waals surface area contributed by atoms with Crippen molar-refractivity contribution in [1.82, 2.24) is 10.3 Å². The van der Waals surface area contributed by atoms with Crippen molar-refractivity contribution in [2.45, 2.75) is 13.3 Å². The third-order valence-electron chi connectivity index (χ3n) is 3.59. The van der Waals surface area contributed by atoms with Gasteiger partial charge in [0.2, 0.25) is 0 Å². The standard InChI is InChI=1S/C19H18N2O2/c1-14-21-18(13-23-14)11-12-20-19(22)17-9-7-16(8-10-17)15-5-3-2-4-6-15/h2-10,13H,11-12H2,1H3,(H,20,22). The van der Waals surface area contributed by atoms with Crippen LogP contribution in [-0.2, 0) is 6.42 Å². The second kappa shape index (κ2) is 6.92. The lowest BCUT2D eigenvalue weighted by Crippen LogP contribution is -2.25. The first-order valence-electron chi connectivity index (χ1n) is 7.57. The maximum atomic E-state index is 12.1. The summed E-state index contributed by atoms with van der Waals surface area (Å²) in [5.41, 5.74) is 3.74. The normalized spacial score (nSPS) is 10.5. The van der Waals surface area contributed by atoms with Crippen LogP contribution in [0.15, 0.2) is 65.3 Å². The van der Waals surface area contributed by atoms with Crippen molar-refractivity contribution in [2.75, 3.05) is 6.54 Å². The fraction of sp³-hybridized carbons (Fsp3) is 0.158. The SMILES string of the molecule is Cc1nc(CCNC(=O)c2ccc(-c3ccccc3)cc2)co1. The molecule has 1 heterocycles. The van der Waals surface area contributed by atoms with Crippen LogP contribution in [0.5, 0.6) is 0 Å². The quantitative estimate of drug-likeness (QED) is 0.783. The summed E-state index contributed by atoms with van der Waals surface area (Å²) in [5.74, 6) is 0.563. The number of carbonyl (C=O) groups is 1. The average Bonchev–Trinajstić information content (AvgIpc) is 3.01. The van der Waals surface area contributed by atoms with E-state index >= 15 is 0 Å². The van der Waals surface area contributed by atoms with Crippen LogP contribution in [0.1, 0.15) is 21.9 Å². The van der Waals surface area contributed by atoms with Gasteiger partial charge in [-0.1, -0.05) is 42.5 Å². The van der Waals surface area contributed by atoms with Gasteiger partial charge in [0.25, 0.3) is 5.91 Å². The number of amides is 1. The minimum Gasteiger partial charge on any atom is -0.449 e. The number of carbonyl (C=O) groups excluding carboxylic acids is 1. The summed E-state index contributed by atoms with van der Waals surface area (Å²) in [6, 6.07) is 17.7. The molecule has 0 saturated heterocycles. The number of benzene rings is 2. The molecule has 0 unspecified atom stereocenters. The fourth-order valence-corrected chi connectivity index (χ4v) is 2.37. The lowest BCUT2D eigenvalue weighted by atomic mass is 10.0. The van der Waals surface area contributed by atoms with Gasteiger partial charge in [-0.25, -0.2) is 4.98 Å². The summed E-state index contributed by atoms with van der Waals surface area (Å²) in [6.07, 6.45) is 2.28. The van der Waals surface area contributed by atoms with Crippen LogP contribution in [0.2, 0.25) is 0 Å². The molecule has 0 radical (unpaired) electrons. The van der Waals surface area contributed by atoms with Gasteiger partial charge in [0.15, 0.2) is 5.89 Å². The number of rotatable bonds is 5. The molecule has 0 spiro atoms. The Morgan fingerprint density at radius 1 is 1.04 bits per heavy atom. The number of hydrogen-bond donors (Lipinski definition) is 1. The van der Waals surface area contributed by atoms with E-state index in [0.29, 0.717) is 24.4 Å². The second-order valence-corrected chi connectivity index (χ2v) is 5.31. The van der Waals surface area contributed by atoms with Gasteiger partial charge < -0.3 is 9.73 Å². The van der Waals surface area contributed by atoms with Gasteiger partial charge in [0, 0.05) is 25.5 Å². The number of aromatic nitrogens is 1. The van der Waals surface area contributed by atoms with Gasteiger partial charge in [-0.05, 0) is 23.3 Å². The van der Waals surface area contributed by atoms with Gasteiger partial charge in [-0.15, -0.1) is 0 Å². The Balaban J connectivity index is 1.57. The smallest absolute Gasteiger partial charge is 0.251 e. The van der Waals surface area contributed by atoms with E-state index < -0.39 is 0 Å². The Bertz CT molecular complexity index is 777. The van der Waals surface area contributed by atoms with Gasteiger partial charge in [-0.2, -0.15) is 0 Å². The molecule has 0 atom stereocenters. The molecule has 0 bridgehead atoms. The molecule has 2 aromatic carbocycles. The number of nitrogens with zero attached hydrogens (tertiary/aromatic N) is 1. The maximum Gasteiger partial charge on any atom is 0.251 e. The van der Waals surface area contributed by atoms with Crippen molar-refractivity contribution in [1.29, 1.82) is 0 Å². The van der Waals surface area contributed by atoms with Crippen molar-refractivity contribution in [3.63, 3.8) is 0 Å². The van der Waals surface area contributed by atoms with E-state index in [4.69, 9.17) is 4.42 Å². The van der Waals surface area contributed by atoms with E-state index in [-0.39, 0.29) is 5.91 Å². The topological polar surface area (TPSA) is 55.1 Å². The van der Waals surface area contributed by atoms with Gasteiger partial charge in [0.1, 0.15) is 6.26 Å². The molecule has 0 saturated carbocycles. The van der Waals surface area contributed by atoms with Crippen molar-refractivity contribution in [3.05, 3.63) is 78.0 Å². The van der Waals surface area contributed by atoms with Crippen LogP contribution in [0.25, 0.3) is 11.1 Å². The number of hydrogen-bond acceptors (Lipinski definition) is 3. The molecule has 0 aliphatic rings. The highest BCUT2D eigenvalue weighted by Crippen LogP contribution is 2.19. The molecule has 0 aliphatic carbocycles. The first-order chi connectivity index (χ1) is 11.2. The lowest BCUT2D eigenvalue weighted by molar-refractivity contribution is 0.0954. The summed E-state index contributed by atoms with van der Waals surface area (Å²) in [4.78, 5) is 16.3. The van der Waals surface area contributed by atoms with E-state index in [1.807, 2.05) is 42.5 Å². The van der Waals surface area contributed by atoms with Crippen LogP contribution in [0.3, 0.4) is 0 Å². The van der Waals surface area contributed by atoms with E-state index in [0.717, 1.165) is 16.8 Å². The summed E-state index contributed by atoms with van der Waals surface area (Å²) >= 11 is 0. The Labute approximate surface area is 135 Å². The molecule has 1 amide bonds. The Morgan fingerprint density at radius 3 is 2.39 bits per heavy atom. The van der Waals surface area contributed by atoms with Crippen LogP contribution < -0.4 is 5.32 Å². The van der Waals surface area contributed by atoms with Crippen LogP contribution in [0.4, 0.5) is 0 Å². The average molecular weight is 306 g/mol. The van der Waals surface area contributed by atoms with Gasteiger partial charge >= 0.3 is 0 Å². The van der Waals surface area contributed by atoms with Crippen LogP contribution >= 0.6 is 0 Å². The Hall–Kier alpha value is -2.88. The zero-order valence-electron chi connectivity index (χ0n) is 13.0. The minimum absolute atomic E-state index is 0.0789. The van der Waals surface area contributed by atoms with E-state index in [1.165, 1.54) is 0 Å². The highest BCUT2D eigenvalue weighted by Gasteiger charge is 2.06. The second-order valence-electron chi connectivity index (χ2n) is 5.31. The molecule has 0 aliphatic heterocycles. The molecule has 23 heavy (non-hydrogen) atoms. The Morgan fingerprint density at radius 2 is 1.74 bits per heavy atom. The monoisotopic (exact) mass is 306 g/mol. The maximum absolute atomic E-state index is 12.1. The molecule has 4 heteroatoms. The minimum atomic E-state index is -0.0789. The van der Waals surface area contributed by atoms with E-state index in [9.17, 15) is 4.79 Å². The zero-order chi connectivity index (χ0) is 16.1. The molecule has 1 aromatic heterocycles. The number of oxazole rings is 1. The summed E-state index contributed by atoms with van der Waals surface area (Å²) < 4.78 is 5.14. The molecule has 4 nitrogen and oxygen atoms in total. The third-order valence-corrected chi connectivity index (χ3v) is 3.59. The van der Waals surface area contributed by atoms with E-state index in [2.05, 4.69) is 22.4 Å². The summed E-state index contributed by atoms with van der Waals surface area (Å²) in [6.45, 7) is 2.33. The van der Waals surface area contributed by atoms with Gasteiger partial charge in [-0.3, -0.25) is 4.79 Å². The number of nitrogens with one attached hydrogen (secondary N) is 1. The van der Waals surface area contributed by atoms with Crippen molar-refractivity contribution in [3.8, 4) is 11.1 Å². The van der Waals surface area contributed by atoms with Crippen molar-refractivity contribution >= 4 is 5.91 Å². The largest absolute Gasteiger partial charge is 0.449 e. The highest BCUT2D eigenvalue weighted by atomic mass is 16.3. The zero-order valence-corrected chi connectivity index (χ0v) is 13.0. The molecule has 3 rings (SSSR count). The van der Waals surface area contributed by atoms with Crippen molar-refractivity contribution in [2.24, 2.45) is 0 Å². The Kier molecular flexibility index (Phi) is 4.52. The third kappa shape index (κ3) is 3.86. The first kappa shape index (κ1) is 15.0. The summed E-state index contributed by atoms with van der Waals surface area (Å²) in [5, 5.41) is 2.90. The van der Waals surface area contributed by atoms with Crippen molar-refractivity contribution < 1.29 is 9.21 Å². The molecular weight excluding hydrogens is 288 g/mol. The lowest BCUT2D eigenvalue weighted by Gasteiger charge is -2.06. The predicted octanol–water partition coefficient (Wildman–Crippen LogP) is 3.62. The summed E-state index contributed by atoms with van der Waals surface area (Å²) in [7, 11) is 0. The van der Waals surface area contributed by atoms with Gasteiger partial charge in [0.05, 0.1) is 5.69 Å². The molecule has 116 valence electrons. The van der Waals surface area contributed by atoms with Crippen LogP contribution in [0, 0.1) is 6.92 Å².